The lowest BCUT2D eigenvalue weighted by atomic mass is 9.88. The van der Waals surface area contributed by atoms with E-state index in [4.69, 9.17) is 0 Å². The summed E-state index contributed by atoms with van der Waals surface area (Å²) < 4.78 is 2.32. The Bertz CT molecular complexity index is 551. The number of fused-ring (bicyclic) bond motifs is 1. The minimum Gasteiger partial charge on any atom is -0.202 e. The first-order valence-corrected chi connectivity index (χ1v) is 6.64. The molecule has 96 valence electrons. The van der Waals surface area contributed by atoms with Gasteiger partial charge in [0.05, 0.1) is 5.39 Å². The first-order valence-electron chi connectivity index (χ1n) is 6.64. The van der Waals surface area contributed by atoms with Crippen LogP contribution in [0.4, 0.5) is 0 Å². The average Bonchev–Trinajstić information content (AvgIpc) is 2.35. The Balaban J connectivity index is 3.22. The van der Waals surface area contributed by atoms with E-state index < -0.39 is 0 Å². The molecule has 1 heteroatoms. The van der Waals surface area contributed by atoms with Gasteiger partial charge in [0.2, 0.25) is 0 Å². The van der Waals surface area contributed by atoms with Gasteiger partial charge in [0.15, 0.2) is 11.4 Å². The number of hydrogen-bond acceptors (Lipinski definition) is 0. The van der Waals surface area contributed by atoms with Crippen molar-refractivity contribution in [3.8, 4) is 0 Å². The largest absolute Gasteiger partial charge is 0.202 e. The predicted molar refractivity (Wildman–Crippen MR) is 78.3 cm³/mol. The number of hydrogen-bond donors (Lipinski definition) is 0. The summed E-state index contributed by atoms with van der Waals surface area (Å²) in [4.78, 5) is 0. The molecule has 0 aliphatic heterocycles. The van der Waals surface area contributed by atoms with Crippen molar-refractivity contribution < 1.29 is 4.57 Å². The molecule has 0 saturated carbocycles. The fourth-order valence-electron chi connectivity index (χ4n) is 3.09. The third-order valence-electron chi connectivity index (χ3n) is 4.97. The summed E-state index contributed by atoms with van der Waals surface area (Å²) in [5, 5.41) is 2.91. The number of pyridine rings is 1. The number of aryl methyl sites for hydroxylation is 4. The van der Waals surface area contributed by atoms with Crippen LogP contribution in [0.3, 0.4) is 0 Å². The molecule has 0 aliphatic carbocycles. The molecule has 0 atom stereocenters. The Hall–Kier alpha value is -1.37. The molecule has 0 amide bonds. The molecule has 0 N–H and O–H groups in total. The second kappa shape index (κ2) is 4.08. The minimum atomic E-state index is 1.37. The van der Waals surface area contributed by atoms with Gasteiger partial charge in [-0.15, -0.1) is 0 Å². The van der Waals surface area contributed by atoms with Crippen LogP contribution in [-0.4, -0.2) is 0 Å². The van der Waals surface area contributed by atoms with Crippen LogP contribution in [-0.2, 0) is 7.05 Å². The second-order valence-corrected chi connectivity index (χ2v) is 5.60. The Morgan fingerprint density at radius 2 is 0.944 bits per heavy atom. The third-order valence-corrected chi connectivity index (χ3v) is 4.97. The lowest BCUT2D eigenvalue weighted by molar-refractivity contribution is -0.682. The van der Waals surface area contributed by atoms with Gasteiger partial charge in [-0.3, -0.25) is 0 Å². The van der Waals surface area contributed by atoms with E-state index in [1.54, 1.807) is 0 Å². The zero-order valence-corrected chi connectivity index (χ0v) is 12.9. The normalized spacial score (nSPS) is 11.3. The smallest absolute Gasteiger partial charge is 0.186 e. The van der Waals surface area contributed by atoms with Gasteiger partial charge in [0, 0.05) is 24.8 Å². The van der Waals surface area contributed by atoms with Gasteiger partial charge in [0.1, 0.15) is 7.05 Å². The van der Waals surface area contributed by atoms with Crippen LogP contribution >= 0.6 is 0 Å². The van der Waals surface area contributed by atoms with Gasteiger partial charge in [-0.05, 0) is 56.9 Å². The fourth-order valence-corrected chi connectivity index (χ4v) is 3.09. The molecule has 0 saturated heterocycles. The van der Waals surface area contributed by atoms with Gasteiger partial charge >= 0.3 is 0 Å². The molecule has 0 unspecified atom stereocenters. The van der Waals surface area contributed by atoms with Crippen LogP contribution in [0.5, 0.6) is 0 Å². The molecule has 1 nitrogen and oxygen atoms in total. The van der Waals surface area contributed by atoms with Crippen LogP contribution in [0.1, 0.15) is 39.2 Å². The highest BCUT2D eigenvalue weighted by atomic mass is 14.9. The quantitative estimate of drug-likeness (QED) is 0.618. The molecule has 2 rings (SSSR count). The zero-order chi connectivity index (χ0) is 13.8. The van der Waals surface area contributed by atoms with Crippen molar-refractivity contribution in [1.82, 2.24) is 0 Å². The van der Waals surface area contributed by atoms with E-state index in [2.05, 4.69) is 60.1 Å². The predicted octanol–water partition coefficient (Wildman–Crippen LogP) is 3.82. The molecule has 0 aliphatic rings. The summed E-state index contributed by atoms with van der Waals surface area (Å²) in [7, 11) is 2.17. The standard InChI is InChI=1S/C17H24N/c1-9-10(2)12(4)17-15(7)18(8)14(6)13(5)16(17)11(9)3/h1-8H3/q+1. The molecule has 0 radical (unpaired) electrons. The minimum absolute atomic E-state index is 1.37. The molecule has 0 spiro atoms. The molecule has 1 heterocycles. The molecule has 0 bridgehead atoms. The highest BCUT2D eigenvalue weighted by Gasteiger charge is 2.21. The Morgan fingerprint density at radius 3 is 1.44 bits per heavy atom. The van der Waals surface area contributed by atoms with E-state index in [0.717, 1.165) is 0 Å². The van der Waals surface area contributed by atoms with Crippen molar-refractivity contribution in [3.05, 3.63) is 39.2 Å². The Labute approximate surface area is 110 Å². The average molecular weight is 242 g/mol. The summed E-state index contributed by atoms with van der Waals surface area (Å²) in [5.41, 5.74) is 9.91. The maximum absolute atomic E-state index is 2.32. The molecule has 18 heavy (non-hydrogen) atoms. The lowest BCUT2D eigenvalue weighted by Crippen LogP contribution is -2.37. The van der Waals surface area contributed by atoms with Crippen LogP contribution in [0, 0.1) is 48.5 Å². The zero-order valence-electron chi connectivity index (χ0n) is 12.9. The molecular weight excluding hydrogens is 218 g/mol. The van der Waals surface area contributed by atoms with Crippen molar-refractivity contribution in [1.29, 1.82) is 0 Å². The summed E-state index contributed by atoms with van der Waals surface area (Å²) in [6, 6.07) is 0. The SMILES string of the molecule is Cc1c(C)c(C)c2c(C)[n+](C)c(C)c(C)c2c1C. The van der Waals surface area contributed by atoms with Crippen molar-refractivity contribution in [2.75, 3.05) is 0 Å². The second-order valence-electron chi connectivity index (χ2n) is 5.60. The monoisotopic (exact) mass is 242 g/mol. The van der Waals surface area contributed by atoms with Crippen molar-refractivity contribution >= 4 is 10.8 Å². The third kappa shape index (κ3) is 1.50. The topological polar surface area (TPSA) is 3.88 Å². The highest BCUT2D eigenvalue weighted by molar-refractivity contribution is 5.94. The van der Waals surface area contributed by atoms with E-state index in [-0.39, 0.29) is 0 Å². The molecule has 0 fully saturated rings. The summed E-state index contributed by atoms with van der Waals surface area (Å²) in [6.07, 6.45) is 0. The Morgan fingerprint density at radius 1 is 0.500 bits per heavy atom. The summed E-state index contributed by atoms with van der Waals surface area (Å²) >= 11 is 0. The van der Waals surface area contributed by atoms with Crippen LogP contribution in [0.15, 0.2) is 0 Å². The lowest BCUT2D eigenvalue weighted by Gasteiger charge is -2.17. The van der Waals surface area contributed by atoms with Gasteiger partial charge in [-0.1, -0.05) is 0 Å². The van der Waals surface area contributed by atoms with Crippen LogP contribution < -0.4 is 4.57 Å². The van der Waals surface area contributed by atoms with Gasteiger partial charge in [-0.25, -0.2) is 4.57 Å². The molecule has 1 aromatic carbocycles. The van der Waals surface area contributed by atoms with Crippen molar-refractivity contribution in [2.24, 2.45) is 7.05 Å². The van der Waals surface area contributed by atoms with Crippen molar-refractivity contribution in [3.63, 3.8) is 0 Å². The van der Waals surface area contributed by atoms with Crippen LogP contribution in [0.25, 0.3) is 10.8 Å². The van der Waals surface area contributed by atoms with E-state index in [9.17, 15) is 0 Å². The van der Waals surface area contributed by atoms with Gasteiger partial charge < -0.3 is 0 Å². The highest BCUT2D eigenvalue weighted by Crippen LogP contribution is 2.32. The van der Waals surface area contributed by atoms with E-state index in [1.165, 1.54) is 50.0 Å². The first-order chi connectivity index (χ1) is 8.29. The summed E-state index contributed by atoms with van der Waals surface area (Å²) in [5.74, 6) is 0. The van der Waals surface area contributed by atoms with Crippen molar-refractivity contribution in [2.45, 2.75) is 48.5 Å². The van der Waals surface area contributed by atoms with E-state index in [0.29, 0.717) is 0 Å². The number of benzene rings is 1. The maximum Gasteiger partial charge on any atom is 0.186 e. The fraction of sp³-hybridized carbons (Fsp3) is 0.471. The summed E-state index contributed by atoms with van der Waals surface area (Å²) in [6.45, 7) is 15.7. The van der Waals surface area contributed by atoms with Gasteiger partial charge in [0.25, 0.3) is 0 Å². The molecule has 2 aromatic rings. The molecular formula is C17H24N+. The van der Waals surface area contributed by atoms with E-state index >= 15 is 0 Å². The number of aromatic nitrogens is 1. The maximum atomic E-state index is 2.32. The Kier molecular flexibility index (Phi) is 2.96. The number of rotatable bonds is 0. The van der Waals surface area contributed by atoms with Gasteiger partial charge in [-0.2, -0.15) is 0 Å². The molecule has 1 aromatic heterocycles. The van der Waals surface area contributed by atoms with E-state index in [1.807, 2.05) is 0 Å². The number of nitrogens with zero attached hydrogens (tertiary/aromatic N) is 1. The van der Waals surface area contributed by atoms with Crippen LogP contribution in [0.2, 0.25) is 0 Å². The first kappa shape index (κ1) is 13.1.